The predicted octanol–water partition coefficient (Wildman–Crippen LogP) is 3.90. The largest absolute Gasteiger partial charge is 0.497 e. The van der Waals surface area contributed by atoms with Crippen molar-refractivity contribution in [3.63, 3.8) is 0 Å². The maximum absolute atomic E-state index is 11.2. The smallest absolute Gasteiger partial charge is 0.354 e. The summed E-state index contributed by atoms with van der Waals surface area (Å²) >= 11 is 11.8. The lowest BCUT2D eigenvalue weighted by Gasteiger charge is -2.04. The van der Waals surface area contributed by atoms with Gasteiger partial charge in [0.25, 0.3) is 0 Å². The van der Waals surface area contributed by atoms with E-state index in [9.17, 15) is 9.90 Å². The van der Waals surface area contributed by atoms with Crippen LogP contribution in [0.15, 0.2) is 24.3 Å². The molecule has 0 aliphatic rings. The number of alkyl halides is 2. The van der Waals surface area contributed by atoms with Crippen LogP contribution >= 0.6 is 23.2 Å². The van der Waals surface area contributed by atoms with Gasteiger partial charge in [-0.25, -0.2) is 9.78 Å². The van der Waals surface area contributed by atoms with Crippen LogP contribution in [0.3, 0.4) is 0 Å². The summed E-state index contributed by atoms with van der Waals surface area (Å²) in [5.74, 6) is -0.462. The number of carbonyl (C=O) groups is 1. The molecule has 1 aromatic carbocycles. The second kappa shape index (κ2) is 5.09. The van der Waals surface area contributed by atoms with Crippen molar-refractivity contribution in [3.05, 3.63) is 35.7 Å². The van der Waals surface area contributed by atoms with E-state index in [1.165, 1.54) is 6.07 Å². The van der Waals surface area contributed by atoms with Crippen LogP contribution in [-0.2, 0) is 0 Å². The van der Waals surface area contributed by atoms with Gasteiger partial charge in [0, 0.05) is 16.3 Å². The molecule has 0 saturated heterocycles. The number of aromatic carboxylic acids is 1. The zero-order chi connectivity index (χ0) is 15.1. The molecule has 3 rings (SSSR count). The van der Waals surface area contributed by atoms with Gasteiger partial charge in [-0.15, -0.1) is 0 Å². The Morgan fingerprint density at radius 1 is 1.33 bits per heavy atom. The molecule has 0 fully saturated rings. The first kappa shape index (κ1) is 14.0. The van der Waals surface area contributed by atoms with Crippen LogP contribution in [0.5, 0.6) is 5.75 Å². The summed E-state index contributed by atoms with van der Waals surface area (Å²) in [5, 5.41) is 10.7. The summed E-state index contributed by atoms with van der Waals surface area (Å²) in [5.41, 5.74) is 1.64. The van der Waals surface area contributed by atoms with Crippen molar-refractivity contribution in [2.24, 2.45) is 0 Å². The van der Waals surface area contributed by atoms with E-state index in [0.29, 0.717) is 22.3 Å². The monoisotopic (exact) mass is 324 g/mol. The van der Waals surface area contributed by atoms with Crippen molar-refractivity contribution in [3.8, 4) is 5.75 Å². The van der Waals surface area contributed by atoms with Crippen molar-refractivity contribution < 1.29 is 14.6 Å². The number of ether oxygens (including phenoxy) is 1. The van der Waals surface area contributed by atoms with Gasteiger partial charge in [-0.3, -0.25) is 0 Å². The zero-order valence-electron chi connectivity index (χ0n) is 10.9. The van der Waals surface area contributed by atoms with Crippen molar-refractivity contribution in [1.29, 1.82) is 0 Å². The average Bonchev–Trinajstić information content (AvgIpc) is 2.83. The highest BCUT2D eigenvalue weighted by molar-refractivity contribution is 6.44. The molecule has 0 saturated carbocycles. The molecular weight excluding hydrogens is 315 g/mol. The molecular formula is C14H10Cl2N2O3. The summed E-state index contributed by atoms with van der Waals surface area (Å²) in [6.45, 7) is 0. The number of aromatic nitrogens is 2. The highest BCUT2D eigenvalue weighted by atomic mass is 35.5. The molecule has 5 nitrogen and oxygen atoms in total. The second-order valence-electron chi connectivity index (χ2n) is 4.46. The van der Waals surface area contributed by atoms with E-state index in [2.05, 4.69) is 9.97 Å². The fourth-order valence-corrected chi connectivity index (χ4v) is 2.61. The molecule has 7 heteroatoms. The highest BCUT2D eigenvalue weighted by Gasteiger charge is 2.19. The number of carboxylic acids is 1. The van der Waals surface area contributed by atoms with Crippen LogP contribution < -0.4 is 4.74 Å². The molecule has 0 radical (unpaired) electrons. The van der Waals surface area contributed by atoms with Gasteiger partial charge >= 0.3 is 5.97 Å². The number of nitrogens with one attached hydrogen (secondary N) is 1. The van der Waals surface area contributed by atoms with E-state index in [-0.39, 0.29) is 5.69 Å². The Morgan fingerprint density at radius 2 is 2.10 bits per heavy atom. The minimum atomic E-state index is -1.13. The van der Waals surface area contributed by atoms with E-state index >= 15 is 0 Å². The molecule has 0 amide bonds. The predicted molar refractivity (Wildman–Crippen MR) is 81.6 cm³/mol. The third kappa shape index (κ3) is 2.28. The van der Waals surface area contributed by atoms with Crippen LogP contribution in [0.4, 0.5) is 0 Å². The quantitative estimate of drug-likeness (QED) is 0.716. The van der Waals surface area contributed by atoms with Gasteiger partial charge in [0.05, 0.1) is 18.3 Å². The number of hydrogen-bond acceptors (Lipinski definition) is 3. The Bertz CT molecular complexity index is 858. The van der Waals surface area contributed by atoms with Gasteiger partial charge in [0.15, 0.2) is 4.84 Å². The molecule has 3 aromatic rings. The van der Waals surface area contributed by atoms with E-state index in [1.54, 1.807) is 7.11 Å². The molecule has 2 aromatic heterocycles. The van der Waals surface area contributed by atoms with Gasteiger partial charge in [-0.05, 0) is 24.3 Å². The Balaban J connectivity index is 2.44. The van der Waals surface area contributed by atoms with E-state index in [1.807, 2.05) is 18.2 Å². The highest BCUT2D eigenvalue weighted by Crippen LogP contribution is 2.35. The Morgan fingerprint density at radius 3 is 2.71 bits per heavy atom. The number of hydrogen-bond donors (Lipinski definition) is 2. The lowest BCUT2D eigenvalue weighted by molar-refractivity contribution is 0.0690. The van der Waals surface area contributed by atoms with Crippen LogP contribution in [0, 0.1) is 0 Å². The molecule has 0 aliphatic heterocycles. The average molecular weight is 325 g/mol. The first-order valence-corrected chi connectivity index (χ1v) is 6.90. The molecule has 0 unspecified atom stereocenters. The normalized spacial score (nSPS) is 11.4. The Kier molecular flexibility index (Phi) is 3.39. The van der Waals surface area contributed by atoms with Crippen molar-refractivity contribution in [2.75, 3.05) is 7.11 Å². The number of pyridine rings is 1. The molecule has 0 atom stereocenters. The van der Waals surface area contributed by atoms with E-state index in [4.69, 9.17) is 27.9 Å². The van der Waals surface area contributed by atoms with Gasteiger partial charge in [0.1, 0.15) is 11.4 Å². The van der Waals surface area contributed by atoms with Gasteiger partial charge in [-0.2, -0.15) is 0 Å². The Hall–Kier alpha value is -1.98. The van der Waals surface area contributed by atoms with Crippen molar-refractivity contribution >= 4 is 51.0 Å². The van der Waals surface area contributed by atoms with Crippen LogP contribution in [0.25, 0.3) is 21.8 Å². The zero-order valence-corrected chi connectivity index (χ0v) is 12.4. The standard InChI is InChI=1S/C14H10Cl2N2O3/c1-21-6-2-3-9-7(4-6)8-5-10(14(19)20)18-12(13(15)16)11(8)17-9/h2-5,13,17H,1H3,(H,19,20). The van der Waals surface area contributed by atoms with Crippen LogP contribution in [0.2, 0.25) is 0 Å². The molecule has 2 heterocycles. The van der Waals surface area contributed by atoms with Crippen molar-refractivity contribution in [1.82, 2.24) is 9.97 Å². The summed E-state index contributed by atoms with van der Waals surface area (Å²) < 4.78 is 5.20. The minimum Gasteiger partial charge on any atom is -0.497 e. The number of nitrogens with zero attached hydrogens (tertiary/aromatic N) is 1. The molecule has 21 heavy (non-hydrogen) atoms. The Labute approximate surface area is 129 Å². The lowest BCUT2D eigenvalue weighted by Crippen LogP contribution is -2.03. The summed E-state index contributed by atoms with van der Waals surface area (Å²) in [4.78, 5) is 17.5. The topological polar surface area (TPSA) is 75.2 Å². The number of benzene rings is 1. The molecule has 2 N–H and O–H groups in total. The second-order valence-corrected chi connectivity index (χ2v) is 5.55. The van der Waals surface area contributed by atoms with Crippen LogP contribution in [0.1, 0.15) is 21.0 Å². The number of aromatic amines is 1. The van der Waals surface area contributed by atoms with Gasteiger partial charge in [0.2, 0.25) is 0 Å². The SMILES string of the molecule is COc1ccc2[nH]c3c(C(Cl)Cl)nc(C(=O)O)cc3c2c1. The summed E-state index contributed by atoms with van der Waals surface area (Å²) in [7, 11) is 1.57. The maximum atomic E-state index is 11.2. The molecule has 0 spiro atoms. The first-order valence-electron chi connectivity index (χ1n) is 6.03. The minimum absolute atomic E-state index is 0.104. The maximum Gasteiger partial charge on any atom is 0.354 e. The number of rotatable bonds is 3. The van der Waals surface area contributed by atoms with Gasteiger partial charge < -0.3 is 14.8 Å². The third-order valence-electron chi connectivity index (χ3n) is 3.25. The molecule has 0 aliphatic carbocycles. The molecule has 0 bridgehead atoms. The number of fused-ring (bicyclic) bond motifs is 3. The number of carboxylic acid groups (broad SMARTS) is 1. The first-order chi connectivity index (χ1) is 10.0. The van der Waals surface area contributed by atoms with Crippen molar-refractivity contribution in [2.45, 2.75) is 4.84 Å². The van der Waals surface area contributed by atoms with Gasteiger partial charge in [-0.1, -0.05) is 23.2 Å². The van der Waals surface area contributed by atoms with E-state index < -0.39 is 10.8 Å². The molecule has 108 valence electrons. The number of methoxy groups -OCH3 is 1. The fourth-order valence-electron chi connectivity index (χ4n) is 2.29. The summed E-state index contributed by atoms with van der Waals surface area (Å²) in [6.07, 6.45) is 0. The number of H-pyrrole nitrogens is 1. The summed E-state index contributed by atoms with van der Waals surface area (Å²) in [6, 6.07) is 6.97. The number of halogens is 2. The fraction of sp³-hybridized carbons (Fsp3) is 0.143. The van der Waals surface area contributed by atoms with E-state index in [0.717, 1.165) is 10.9 Å². The lowest BCUT2D eigenvalue weighted by atomic mass is 10.1. The van der Waals surface area contributed by atoms with Crippen LogP contribution in [-0.4, -0.2) is 28.2 Å². The third-order valence-corrected chi connectivity index (χ3v) is 3.66.